The summed E-state index contributed by atoms with van der Waals surface area (Å²) in [5, 5.41) is 0. The molecule has 0 bridgehead atoms. The molecule has 0 spiro atoms. The van der Waals surface area contributed by atoms with Crippen molar-refractivity contribution in [1.29, 1.82) is 0 Å². The molecule has 0 radical (unpaired) electrons. The van der Waals surface area contributed by atoms with E-state index in [1.54, 1.807) is 0 Å². The first-order valence-corrected chi connectivity index (χ1v) is 6.79. The Morgan fingerprint density at radius 3 is 2.38 bits per heavy atom. The van der Waals surface area contributed by atoms with Gasteiger partial charge in [0.15, 0.2) is 0 Å². The van der Waals surface area contributed by atoms with Crippen LogP contribution in [0.1, 0.15) is 30.1 Å². The van der Waals surface area contributed by atoms with Crippen molar-refractivity contribution in [3.63, 3.8) is 0 Å². The molecule has 0 aromatic heterocycles. The van der Waals surface area contributed by atoms with Crippen LogP contribution in [0, 0.1) is 9.49 Å². The van der Waals surface area contributed by atoms with Crippen LogP contribution in [0.4, 0.5) is 0 Å². The topological polar surface area (TPSA) is 20.3 Å². The summed E-state index contributed by atoms with van der Waals surface area (Å²) in [6, 6.07) is 7.81. The van der Waals surface area contributed by atoms with Gasteiger partial charge in [0, 0.05) is 22.2 Å². The molecule has 2 rings (SSSR count). The molecule has 1 saturated heterocycles. The van der Waals surface area contributed by atoms with E-state index in [1.165, 1.54) is 3.57 Å². The van der Waals surface area contributed by atoms with Crippen molar-refractivity contribution in [3.8, 4) is 0 Å². The molecule has 1 amide bonds. The van der Waals surface area contributed by atoms with E-state index < -0.39 is 0 Å². The second kappa shape index (κ2) is 5.17. The highest BCUT2D eigenvalue weighted by Gasteiger charge is 2.20. The molecule has 0 aliphatic carbocycles. The van der Waals surface area contributed by atoms with Crippen LogP contribution in [0.15, 0.2) is 24.3 Å². The highest BCUT2D eigenvalue weighted by Crippen LogP contribution is 2.18. The Hall–Kier alpha value is -0.580. The summed E-state index contributed by atoms with van der Waals surface area (Å²) in [6.07, 6.45) is 2.27. The van der Waals surface area contributed by atoms with Crippen LogP contribution in [-0.2, 0) is 0 Å². The maximum Gasteiger partial charge on any atom is 0.253 e. The van der Waals surface area contributed by atoms with Crippen molar-refractivity contribution < 1.29 is 4.79 Å². The molecule has 2 nitrogen and oxygen atoms in total. The van der Waals surface area contributed by atoms with E-state index in [-0.39, 0.29) is 5.91 Å². The SMILES string of the molecule is CC1CCN(C(=O)c2ccc(I)cc2)CC1. The minimum atomic E-state index is 0.184. The van der Waals surface area contributed by atoms with Crippen LogP contribution >= 0.6 is 22.6 Å². The minimum absolute atomic E-state index is 0.184. The van der Waals surface area contributed by atoms with Gasteiger partial charge < -0.3 is 4.90 Å². The van der Waals surface area contributed by atoms with Crippen molar-refractivity contribution in [1.82, 2.24) is 4.90 Å². The van der Waals surface area contributed by atoms with Crippen LogP contribution in [0.25, 0.3) is 0 Å². The molecule has 0 atom stereocenters. The Kier molecular flexibility index (Phi) is 3.84. The maximum absolute atomic E-state index is 12.1. The monoisotopic (exact) mass is 329 g/mol. The third kappa shape index (κ3) is 2.75. The largest absolute Gasteiger partial charge is 0.339 e. The Morgan fingerprint density at radius 1 is 1.25 bits per heavy atom. The number of rotatable bonds is 1. The van der Waals surface area contributed by atoms with Crippen LogP contribution in [-0.4, -0.2) is 23.9 Å². The lowest BCUT2D eigenvalue weighted by atomic mass is 9.98. The molecule has 0 N–H and O–H groups in total. The summed E-state index contributed by atoms with van der Waals surface area (Å²) in [4.78, 5) is 14.1. The van der Waals surface area contributed by atoms with Gasteiger partial charge in [-0.3, -0.25) is 4.79 Å². The Morgan fingerprint density at radius 2 is 1.81 bits per heavy atom. The van der Waals surface area contributed by atoms with Crippen molar-refractivity contribution in [2.45, 2.75) is 19.8 Å². The van der Waals surface area contributed by atoms with E-state index in [0.717, 1.165) is 37.4 Å². The quantitative estimate of drug-likeness (QED) is 0.725. The Labute approximate surface area is 110 Å². The van der Waals surface area contributed by atoms with Gasteiger partial charge in [0.25, 0.3) is 5.91 Å². The fraction of sp³-hybridized carbons (Fsp3) is 0.462. The van der Waals surface area contributed by atoms with Crippen molar-refractivity contribution in [2.24, 2.45) is 5.92 Å². The van der Waals surface area contributed by atoms with Gasteiger partial charge in [-0.25, -0.2) is 0 Å². The highest BCUT2D eigenvalue weighted by atomic mass is 127. The van der Waals surface area contributed by atoms with Crippen LogP contribution in [0.5, 0.6) is 0 Å². The van der Waals surface area contributed by atoms with Gasteiger partial charge in [0.05, 0.1) is 0 Å². The summed E-state index contributed by atoms with van der Waals surface area (Å²) < 4.78 is 1.17. The zero-order valence-electron chi connectivity index (χ0n) is 9.45. The van der Waals surface area contributed by atoms with Crippen molar-refractivity contribution in [3.05, 3.63) is 33.4 Å². The third-order valence-corrected chi connectivity index (χ3v) is 3.88. The van der Waals surface area contributed by atoms with Crippen molar-refractivity contribution in [2.75, 3.05) is 13.1 Å². The molecule has 1 heterocycles. The first-order valence-electron chi connectivity index (χ1n) is 5.71. The standard InChI is InChI=1S/C13H16INO/c1-10-6-8-15(9-7-10)13(16)11-2-4-12(14)5-3-11/h2-5,10H,6-9H2,1H3. The van der Waals surface area contributed by atoms with E-state index in [1.807, 2.05) is 29.2 Å². The van der Waals surface area contributed by atoms with E-state index in [2.05, 4.69) is 29.5 Å². The summed E-state index contributed by atoms with van der Waals surface area (Å²) in [6.45, 7) is 4.07. The number of benzene rings is 1. The fourth-order valence-electron chi connectivity index (χ4n) is 1.99. The lowest BCUT2D eigenvalue weighted by Crippen LogP contribution is -2.37. The summed E-state index contributed by atoms with van der Waals surface area (Å²) in [5.41, 5.74) is 0.815. The number of amides is 1. The molecule has 16 heavy (non-hydrogen) atoms. The van der Waals surface area contributed by atoms with Gasteiger partial charge in [0.1, 0.15) is 0 Å². The summed E-state index contributed by atoms with van der Waals surface area (Å²) >= 11 is 2.25. The fourth-order valence-corrected chi connectivity index (χ4v) is 2.35. The number of hydrogen-bond acceptors (Lipinski definition) is 1. The normalized spacial score (nSPS) is 17.5. The molecule has 1 aromatic carbocycles. The van der Waals surface area contributed by atoms with E-state index in [4.69, 9.17) is 0 Å². The number of halogens is 1. The van der Waals surface area contributed by atoms with Gasteiger partial charge in [0.2, 0.25) is 0 Å². The van der Waals surface area contributed by atoms with Gasteiger partial charge in [-0.15, -0.1) is 0 Å². The molecule has 1 aliphatic rings. The number of piperidine rings is 1. The second-order valence-corrected chi connectivity index (χ2v) is 5.73. The average Bonchev–Trinajstić information content (AvgIpc) is 2.30. The lowest BCUT2D eigenvalue weighted by molar-refractivity contribution is 0.0697. The van der Waals surface area contributed by atoms with Crippen LogP contribution in [0.3, 0.4) is 0 Å². The maximum atomic E-state index is 12.1. The van der Waals surface area contributed by atoms with Gasteiger partial charge >= 0.3 is 0 Å². The molecular formula is C13H16INO. The zero-order valence-corrected chi connectivity index (χ0v) is 11.6. The van der Waals surface area contributed by atoms with Gasteiger partial charge in [-0.05, 0) is 65.6 Å². The summed E-state index contributed by atoms with van der Waals surface area (Å²) in [5.74, 6) is 0.948. The second-order valence-electron chi connectivity index (χ2n) is 4.48. The zero-order chi connectivity index (χ0) is 11.5. The predicted molar refractivity (Wildman–Crippen MR) is 73.5 cm³/mol. The minimum Gasteiger partial charge on any atom is -0.339 e. The average molecular weight is 329 g/mol. The van der Waals surface area contributed by atoms with Gasteiger partial charge in [-0.1, -0.05) is 6.92 Å². The molecule has 0 saturated carbocycles. The molecule has 0 unspecified atom stereocenters. The van der Waals surface area contributed by atoms with Crippen molar-refractivity contribution >= 4 is 28.5 Å². The Balaban J connectivity index is 2.05. The predicted octanol–water partition coefficient (Wildman–Crippen LogP) is 3.16. The van der Waals surface area contributed by atoms with E-state index in [9.17, 15) is 4.79 Å². The van der Waals surface area contributed by atoms with Crippen LogP contribution < -0.4 is 0 Å². The number of hydrogen-bond donors (Lipinski definition) is 0. The first-order chi connectivity index (χ1) is 7.66. The molecule has 86 valence electrons. The molecule has 3 heteroatoms. The number of likely N-dealkylation sites (tertiary alicyclic amines) is 1. The molecule has 1 fully saturated rings. The smallest absolute Gasteiger partial charge is 0.253 e. The third-order valence-electron chi connectivity index (χ3n) is 3.16. The first kappa shape index (κ1) is 11.9. The number of carbonyl (C=O) groups excluding carboxylic acids is 1. The summed E-state index contributed by atoms with van der Waals surface area (Å²) in [7, 11) is 0. The van der Waals surface area contributed by atoms with E-state index >= 15 is 0 Å². The molecular weight excluding hydrogens is 313 g/mol. The number of nitrogens with zero attached hydrogens (tertiary/aromatic N) is 1. The van der Waals surface area contributed by atoms with Gasteiger partial charge in [-0.2, -0.15) is 0 Å². The molecule has 1 aromatic rings. The molecule has 1 aliphatic heterocycles. The Bertz CT molecular complexity index is 366. The highest BCUT2D eigenvalue weighted by molar-refractivity contribution is 14.1. The van der Waals surface area contributed by atoms with E-state index in [0.29, 0.717) is 0 Å². The number of carbonyl (C=O) groups is 1. The lowest BCUT2D eigenvalue weighted by Gasteiger charge is -2.30. The van der Waals surface area contributed by atoms with Crippen LogP contribution in [0.2, 0.25) is 0 Å².